The Labute approximate surface area is 105 Å². The molecule has 17 heavy (non-hydrogen) atoms. The van der Waals surface area contributed by atoms with Crippen LogP contribution in [0.3, 0.4) is 0 Å². The summed E-state index contributed by atoms with van der Waals surface area (Å²) >= 11 is 0. The lowest BCUT2D eigenvalue weighted by Gasteiger charge is -2.31. The number of nitrogens with one attached hydrogen (secondary N) is 2. The highest BCUT2D eigenvalue weighted by molar-refractivity contribution is 7.87. The van der Waals surface area contributed by atoms with Crippen LogP contribution in [0.1, 0.15) is 33.6 Å². The third kappa shape index (κ3) is 4.21. The number of nitrogens with zero attached hydrogens (tertiary/aromatic N) is 1. The van der Waals surface area contributed by atoms with Crippen LogP contribution in [0.5, 0.6) is 0 Å². The van der Waals surface area contributed by atoms with Gasteiger partial charge >= 0.3 is 0 Å². The van der Waals surface area contributed by atoms with Crippen molar-refractivity contribution in [1.29, 1.82) is 0 Å². The zero-order chi connectivity index (χ0) is 13.1. The molecule has 1 saturated heterocycles. The van der Waals surface area contributed by atoms with Crippen molar-refractivity contribution in [3.05, 3.63) is 0 Å². The van der Waals surface area contributed by atoms with Crippen molar-refractivity contribution < 1.29 is 8.42 Å². The van der Waals surface area contributed by atoms with Crippen molar-refractivity contribution in [3.63, 3.8) is 0 Å². The van der Waals surface area contributed by atoms with Crippen molar-refractivity contribution in [3.8, 4) is 0 Å². The molecule has 1 rings (SSSR count). The fourth-order valence-corrected chi connectivity index (χ4v) is 3.11. The van der Waals surface area contributed by atoms with Gasteiger partial charge < -0.3 is 5.32 Å². The molecule has 0 bridgehead atoms. The first-order chi connectivity index (χ1) is 7.84. The van der Waals surface area contributed by atoms with Gasteiger partial charge in [0.2, 0.25) is 0 Å². The molecule has 1 heterocycles. The molecular formula is C11H25N3O2S. The van der Waals surface area contributed by atoms with Crippen molar-refractivity contribution in [2.45, 2.75) is 45.7 Å². The van der Waals surface area contributed by atoms with Crippen LogP contribution in [0.15, 0.2) is 0 Å². The predicted octanol–water partition coefficient (Wildman–Crippen LogP) is 0.549. The summed E-state index contributed by atoms with van der Waals surface area (Å²) in [5.41, 5.74) is 0. The number of hydrogen-bond donors (Lipinski definition) is 2. The first-order valence-corrected chi connectivity index (χ1v) is 7.74. The zero-order valence-electron chi connectivity index (χ0n) is 11.2. The van der Waals surface area contributed by atoms with Crippen LogP contribution in [-0.4, -0.2) is 44.9 Å². The highest BCUT2D eigenvalue weighted by Crippen LogP contribution is 2.15. The fourth-order valence-electron chi connectivity index (χ4n) is 1.96. The molecule has 0 aromatic rings. The van der Waals surface area contributed by atoms with Crippen LogP contribution >= 0.6 is 0 Å². The first-order valence-electron chi connectivity index (χ1n) is 6.30. The number of hydrogen-bond acceptors (Lipinski definition) is 3. The van der Waals surface area contributed by atoms with Gasteiger partial charge in [-0.1, -0.05) is 6.92 Å². The highest BCUT2D eigenvalue weighted by atomic mass is 32.2. The predicted molar refractivity (Wildman–Crippen MR) is 70.0 cm³/mol. The fraction of sp³-hybridized carbons (Fsp3) is 1.00. The minimum absolute atomic E-state index is 0.0239. The Hall–Kier alpha value is -0.170. The van der Waals surface area contributed by atoms with Crippen LogP contribution in [0.2, 0.25) is 0 Å². The second kappa shape index (κ2) is 6.13. The molecule has 5 nitrogen and oxygen atoms in total. The van der Waals surface area contributed by atoms with Crippen LogP contribution in [0, 0.1) is 5.92 Å². The lowest BCUT2D eigenvalue weighted by atomic mass is 9.93. The summed E-state index contributed by atoms with van der Waals surface area (Å²) in [5.74, 6) is 0.524. The molecule has 0 amide bonds. The zero-order valence-corrected chi connectivity index (χ0v) is 12.0. The lowest BCUT2D eigenvalue weighted by Crippen LogP contribution is -2.51. The van der Waals surface area contributed by atoms with Gasteiger partial charge in [-0.3, -0.25) is 0 Å². The normalized spacial score (nSPS) is 26.7. The van der Waals surface area contributed by atoms with Crippen LogP contribution < -0.4 is 10.0 Å². The molecule has 1 aliphatic heterocycles. The van der Waals surface area contributed by atoms with E-state index in [0.717, 1.165) is 6.54 Å². The Morgan fingerprint density at radius 3 is 2.65 bits per heavy atom. The summed E-state index contributed by atoms with van der Waals surface area (Å²) in [5, 5.41) is 3.36. The molecule has 0 aromatic carbocycles. The van der Waals surface area contributed by atoms with E-state index >= 15 is 0 Å². The second-order valence-electron chi connectivity index (χ2n) is 5.14. The van der Waals surface area contributed by atoms with E-state index in [1.54, 1.807) is 7.05 Å². The molecule has 102 valence electrons. The molecule has 6 heteroatoms. The van der Waals surface area contributed by atoms with Gasteiger partial charge in [0, 0.05) is 25.7 Å². The Bertz CT molecular complexity index is 330. The van der Waals surface area contributed by atoms with E-state index in [-0.39, 0.29) is 12.1 Å². The maximum Gasteiger partial charge on any atom is 0.279 e. The molecule has 2 N–H and O–H groups in total. The lowest BCUT2D eigenvalue weighted by molar-refractivity contribution is 0.297. The maximum atomic E-state index is 11.9. The Kier molecular flexibility index (Phi) is 5.37. The van der Waals surface area contributed by atoms with Gasteiger partial charge in [-0.25, -0.2) is 4.72 Å². The molecular weight excluding hydrogens is 238 g/mol. The van der Waals surface area contributed by atoms with E-state index < -0.39 is 10.2 Å². The highest BCUT2D eigenvalue weighted by Gasteiger charge is 2.25. The van der Waals surface area contributed by atoms with Gasteiger partial charge in [-0.05, 0) is 39.2 Å². The second-order valence-corrected chi connectivity index (χ2v) is 6.96. The summed E-state index contributed by atoms with van der Waals surface area (Å²) < 4.78 is 27.9. The van der Waals surface area contributed by atoms with E-state index in [4.69, 9.17) is 0 Å². The standard InChI is InChI=1S/C11H25N3O2S/c1-9(2)14(4)17(15,16)13-8-11-10(3)6-5-7-12-11/h9-13H,5-8H2,1-4H3. The van der Waals surface area contributed by atoms with Gasteiger partial charge in [-0.15, -0.1) is 0 Å². The van der Waals surface area contributed by atoms with Gasteiger partial charge in [0.1, 0.15) is 0 Å². The summed E-state index contributed by atoms with van der Waals surface area (Å²) in [4.78, 5) is 0. The SMILES string of the molecule is CC1CCCNC1CNS(=O)(=O)N(C)C(C)C. The Morgan fingerprint density at radius 2 is 2.12 bits per heavy atom. The minimum atomic E-state index is -3.34. The van der Waals surface area contributed by atoms with E-state index in [9.17, 15) is 8.42 Å². The van der Waals surface area contributed by atoms with E-state index in [1.807, 2.05) is 13.8 Å². The van der Waals surface area contributed by atoms with Gasteiger partial charge in [0.25, 0.3) is 10.2 Å². The molecule has 0 aromatic heterocycles. The van der Waals surface area contributed by atoms with E-state index in [1.165, 1.54) is 17.1 Å². The Morgan fingerprint density at radius 1 is 1.47 bits per heavy atom. The molecule has 0 radical (unpaired) electrons. The quantitative estimate of drug-likeness (QED) is 0.761. The van der Waals surface area contributed by atoms with E-state index in [0.29, 0.717) is 12.5 Å². The smallest absolute Gasteiger partial charge is 0.279 e. The number of rotatable bonds is 5. The largest absolute Gasteiger partial charge is 0.312 e. The average molecular weight is 263 g/mol. The summed E-state index contributed by atoms with van der Waals surface area (Å²) in [6, 6.07) is 0.225. The van der Waals surface area contributed by atoms with Crippen molar-refractivity contribution in [2.24, 2.45) is 5.92 Å². The summed E-state index contributed by atoms with van der Waals surface area (Å²) in [6.07, 6.45) is 2.34. The molecule has 2 atom stereocenters. The molecule has 0 spiro atoms. The van der Waals surface area contributed by atoms with Gasteiger partial charge in [0.15, 0.2) is 0 Å². The van der Waals surface area contributed by atoms with Gasteiger partial charge in [-0.2, -0.15) is 12.7 Å². The van der Waals surface area contributed by atoms with Crippen LogP contribution in [0.4, 0.5) is 0 Å². The third-order valence-corrected chi connectivity index (χ3v) is 5.23. The van der Waals surface area contributed by atoms with Crippen molar-refractivity contribution in [1.82, 2.24) is 14.3 Å². The Balaban J connectivity index is 2.49. The maximum absolute atomic E-state index is 11.9. The first kappa shape index (κ1) is 14.9. The summed E-state index contributed by atoms with van der Waals surface area (Å²) in [6.45, 7) is 7.34. The van der Waals surface area contributed by atoms with Crippen LogP contribution in [0.25, 0.3) is 0 Å². The molecule has 1 fully saturated rings. The van der Waals surface area contributed by atoms with E-state index in [2.05, 4.69) is 17.0 Å². The van der Waals surface area contributed by atoms with Crippen LogP contribution in [-0.2, 0) is 10.2 Å². The topological polar surface area (TPSA) is 61.4 Å². The summed E-state index contributed by atoms with van der Waals surface area (Å²) in [7, 11) is -1.74. The minimum Gasteiger partial charge on any atom is -0.312 e. The molecule has 2 unspecified atom stereocenters. The van der Waals surface area contributed by atoms with Crippen molar-refractivity contribution in [2.75, 3.05) is 20.1 Å². The molecule has 0 aliphatic carbocycles. The third-order valence-electron chi connectivity index (χ3n) is 3.52. The van der Waals surface area contributed by atoms with Gasteiger partial charge in [0.05, 0.1) is 0 Å². The van der Waals surface area contributed by atoms with Crippen molar-refractivity contribution >= 4 is 10.2 Å². The number of piperidine rings is 1. The monoisotopic (exact) mass is 263 g/mol. The average Bonchev–Trinajstić information content (AvgIpc) is 2.27. The molecule has 1 aliphatic rings. The molecule has 0 saturated carbocycles.